The van der Waals surface area contributed by atoms with Crippen LogP contribution in [0.25, 0.3) is 11.0 Å². The van der Waals surface area contributed by atoms with Crippen LogP contribution in [0, 0.1) is 17.2 Å². The number of fused-ring (bicyclic) bond motifs is 3. The Balaban J connectivity index is 1.99. The summed E-state index contributed by atoms with van der Waals surface area (Å²) in [5, 5.41) is 22.1. The number of phenols is 1. The minimum absolute atomic E-state index is 0.00395. The number of methoxy groups -OCH3 is 1. The number of aromatic nitrogens is 2. The third-order valence-corrected chi connectivity index (χ3v) is 4.39. The fraction of sp³-hybridized carbons (Fsp3) is 0.167. The number of benzene rings is 2. The molecule has 2 atom stereocenters. The molecule has 0 saturated carbocycles. The molecular weight excluding hydrogens is 320 g/mol. The van der Waals surface area contributed by atoms with E-state index in [1.54, 1.807) is 12.1 Å². The minimum Gasteiger partial charge on any atom is -0.504 e. The number of nitriles is 1. The van der Waals surface area contributed by atoms with Gasteiger partial charge < -0.3 is 14.4 Å². The third-order valence-electron chi connectivity index (χ3n) is 4.39. The van der Waals surface area contributed by atoms with Gasteiger partial charge in [-0.2, -0.15) is 5.26 Å². The van der Waals surface area contributed by atoms with E-state index in [1.807, 2.05) is 28.8 Å². The molecule has 1 aliphatic heterocycles. The van der Waals surface area contributed by atoms with E-state index in [2.05, 4.69) is 16.4 Å². The number of phenolic OH excluding ortho intramolecular Hbond substituents is 1. The van der Waals surface area contributed by atoms with Crippen LogP contribution in [0.15, 0.2) is 42.5 Å². The summed E-state index contributed by atoms with van der Waals surface area (Å²) in [5.41, 5.74) is 2.22. The Labute approximate surface area is 143 Å². The van der Waals surface area contributed by atoms with Gasteiger partial charge in [-0.3, -0.25) is 10.1 Å². The second-order valence-electron chi connectivity index (χ2n) is 5.77. The topological polar surface area (TPSA) is 100 Å². The van der Waals surface area contributed by atoms with Gasteiger partial charge in [0, 0.05) is 0 Å². The van der Waals surface area contributed by atoms with Crippen molar-refractivity contribution in [1.29, 1.82) is 5.26 Å². The van der Waals surface area contributed by atoms with Gasteiger partial charge in [-0.1, -0.05) is 18.2 Å². The Kier molecular flexibility index (Phi) is 3.32. The first-order valence-electron chi connectivity index (χ1n) is 7.68. The van der Waals surface area contributed by atoms with E-state index in [4.69, 9.17) is 4.74 Å². The molecule has 0 radical (unpaired) electrons. The van der Waals surface area contributed by atoms with Gasteiger partial charge in [-0.15, -0.1) is 0 Å². The number of carbonyl (C=O) groups is 1. The second-order valence-corrected chi connectivity index (χ2v) is 5.77. The quantitative estimate of drug-likeness (QED) is 0.750. The van der Waals surface area contributed by atoms with Crippen molar-refractivity contribution >= 4 is 22.9 Å². The molecule has 7 nitrogen and oxygen atoms in total. The third kappa shape index (κ3) is 2.19. The lowest BCUT2D eigenvalue weighted by atomic mass is 9.91. The molecule has 2 N–H and O–H groups in total. The Hall–Kier alpha value is -3.53. The average Bonchev–Trinajstić information content (AvgIpc) is 2.98. The Bertz CT molecular complexity index is 1030. The number of carbonyl (C=O) groups excluding carboxylic acids is 1. The first-order valence-corrected chi connectivity index (χ1v) is 7.68. The molecule has 2 unspecified atom stereocenters. The predicted octanol–water partition coefficient (Wildman–Crippen LogP) is 2.43. The summed E-state index contributed by atoms with van der Waals surface area (Å²) in [6.45, 7) is 0. The number of hydrogen-bond donors (Lipinski definition) is 2. The highest BCUT2D eigenvalue weighted by molar-refractivity contribution is 5.97. The second kappa shape index (κ2) is 5.53. The van der Waals surface area contributed by atoms with E-state index in [0.717, 1.165) is 11.0 Å². The number of nitrogens with one attached hydrogen (secondary N) is 1. The molecule has 3 aromatic rings. The van der Waals surface area contributed by atoms with Crippen LogP contribution in [0.2, 0.25) is 0 Å². The molecular formula is C18H14N4O3. The molecule has 7 heteroatoms. The number of anilines is 1. The summed E-state index contributed by atoms with van der Waals surface area (Å²) in [6, 6.07) is 13.8. The summed E-state index contributed by atoms with van der Waals surface area (Å²) >= 11 is 0. The summed E-state index contributed by atoms with van der Waals surface area (Å²) in [7, 11) is 1.45. The van der Waals surface area contributed by atoms with Crippen LogP contribution < -0.4 is 10.1 Å². The summed E-state index contributed by atoms with van der Waals surface area (Å²) in [5.74, 6) is -0.654. The number of hydrogen-bond acceptors (Lipinski definition) is 5. The lowest BCUT2D eigenvalue weighted by Crippen LogP contribution is -2.37. The van der Waals surface area contributed by atoms with Crippen LogP contribution in [-0.4, -0.2) is 27.7 Å². The van der Waals surface area contributed by atoms with E-state index in [0.29, 0.717) is 11.5 Å². The Morgan fingerprint density at radius 3 is 2.88 bits per heavy atom. The molecule has 0 spiro atoms. The molecule has 1 aliphatic rings. The molecule has 0 aliphatic carbocycles. The molecule has 2 heterocycles. The van der Waals surface area contributed by atoms with Gasteiger partial charge in [0.2, 0.25) is 11.9 Å². The fourth-order valence-electron chi connectivity index (χ4n) is 3.24. The summed E-state index contributed by atoms with van der Waals surface area (Å²) in [6.07, 6.45) is 0. The SMILES string of the molecule is COc1cc(C2C(C#N)C(=O)Nc3nc4ccccc4n32)ccc1O. The van der Waals surface area contributed by atoms with E-state index < -0.39 is 17.9 Å². The number of imidazole rings is 1. The van der Waals surface area contributed by atoms with Gasteiger partial charge in [-0.25, -0.2) is 4.98 Å². The van der Waals surface area contributed by atoms with Crippen molar-refractivity contribution in [2.45, 2.75) is 6.04 Å². The van der Waals surface area contributed by atoms with Crippen LogP contribution >= 0.6 is 0 Å². The van der Waals surface area contributed by atoms with Crippen molar-refractivity contribution in [2.75, 3.05) is 12.4 Å². The first kappa shape index (κ1) is 15.0. The molecule has 25 heavy (non-hydrogen) atoms. The van der Waals surface area contributed by atoms with E-state index in [-0.39, 0.29) is 11.5 Å². The number of rotatable bonds is 2. The van der Waals surface area contributed by atoms with Crippen molar-refractivity contribution in [3.8, 4) is 17.6 Å². The van der Waals surface area contributed by atoms with Gasteiger partial charge in [0.15, 0.2) is 17.4 Å². The van der Waals surface area contributed by atoms with Crippen LogP contribution in [0.5, 0.6) is 11.5 Å². The lowest BCUT2D eigenvalue weighted by Gasteiger charge is -2.30. The van der Waals surface area contributed by atoms with E-state index in [9.17, 15) is 15.2 Å². The summed E-state index contributed by atoms with van der Waals surface area (Å²) in [4.78, 5) is 16.9. The zero-order chi connectivity index (χ0) is 17.6. The van der Waals surface area contributed by atoms with Crippen molar-refractivity contribution < 1.29 is 14.6 Å². The highest BCUT2D eigenvalue weighted by atomic mass is 16.5. The normalized spacial score (nSPS) is 19.1. The monoisotopic (exact) mass is 334 g/mol. The zero-order valence-corrected chi connectivity index (χ0v) is 13.3. The highest BCUT2D eigenvalue weighted by Gasteiger charge is 2.39. The smallest absolute Gasteiger partial charge is 0.246 e. The van der Waals surface area contributed by atoms with Crippen molar-refractivity contribution in [3.05, 3.63) is 48.0 Å². The fourth-order valence-corrected chi connectivity index (χ4v) is 3.24. The van der Waals surface area contributed by atoms with Crippen molar-refractivity contribution in [2.24, 2.45) is 5.92 Å². The number of amides is 1. The van der Waals surface area contributed by atoms with Gasteiger partial charge >= 0.3 is 0 Å². The Morgan fingerprint density at radius 2 is 2.12 bits per heavy atom. The van der Waals surface area contributed by atoms with Crippen molar-refractivity contribution in [3.63, 3.8) is 0 Å². The van der Waals surface area contributed by atoms with Crippen LogP contribution in [0.3, 0.4) is 0 Å². The molecule has 124 valence electrons. The number of ether oxygens (including phenoxy) is 1. The maximum Gasteiger partial charge on any atom is 0.246 e. The molecule has 2 aromatic carbocycles. The molecule has 4 rings (SSSR count). The maximum absolute atomic E-state index is 12.4. The van der Waals surface area contributed by atoms with Crippen molar-refractivity contribution in [1.82, 2.24) is 9.55 Å². The largest absolute Gasteiger partial charge is 0.504 e. The first-order chi connectivity index (χ1) is 12.1. The molecule has 0 fully saturated rings. The van der Waals surface area contributed by atoms with Gasteiger partial charge in [-0.05, 0) is 29.8 Å². The van der Waals surface area contributed by atoms with E-state index >= 15 is 0 Å². The molecule has 1 aromatic heterocycles. The highest BCUT2D eigenvalue weighted by Crippen LogP contribution is 2.40. The lowest BCUT2D eigenvalue weighted by molar-refractivity contribution is -0.119. The van der Waals surface area contributed by atoms with Crippen LogP contribution in [-0.2, 0) is 4.79 Å². The minimum atomic E-state index is -0.931. The maximum atomic E-state index is 12.4. The molecule has 1 amide bonds. The van der Waals surface area contributed by atoms with E-state index in [1.165, 1.54) is 13.2 Å². The predicted molar refractivity (Wildman–Crippen MR) is 90.3 cm³/mol. The van der Waals surface area contributed by atoms with Gasteiger partial charge in [0.05, 0.1) is 30.3 Å². The Morgan fingerprint density at radius 1 is 1.32 bits per heavy atom. The number of para-hydroxylation sites is 2. The van der Waals surface area contributed by atoms with Crippen LogP contribution in [0.4, 0.5) is 5.95 Å². The standard InChI is InChI=1S/C18H14N4O3/c1-25-15-8-10(6-7-14(15)23)16-11(9-19)17(24)21-18-20-12-4-2-3-5-13(12)22(16)18/h2-8,11,16,23H,1H3,(H,20,21,24). The average molecular weight is 334 g/mol. The van der Waals surface area contributed by atoms with Gasteiger partial charge in [0.1, 0.15) is 0 Å². The zero-order valence-electron chi connectivity index (χ0n) is 13.3. The molecule has 0 saturated heterocycles. The van der Waals surface area contributed by atoms with Crippen LogP contribution in [0.1, 0.15) is 11.6 Å². The number of nitrogens with zero attached hydrogens (tertiary/aromatic N) is 3. The summed E-state index contributed by atoms with van der Waals surface area (Å²) < 4.78 is 7.01. The molecule has 0 bridgehead atoms. The van der Waals surface area contributed by atoms with Gasteiger partial charge in [0.25, 0.3) is 0 Å². The number of aromatic hydroxyl groups is 1.